The SMILES string of the molecule is CC(=O)Cn1c(=O)c2c(n(C)c1=O)NCN2[C@@H](C)C(=O)Nc1cccc(-c2cnc(C)c(C(F)(F)F)c2)n1. The van der Waals surface area contributed by atoms with Crippen LogP contribution in [0, 0.1) is 6.92 Å². The van der Waals surface area contributed by atoms with Crippen LogP contribution in [0.5, 0.6) is 0 Å². The molecule has 11 nitrogen and oxygen atoms in total. The van der Waals surface area contributed by atoms with Crippen LogP contribution >= 0.6 is 0 Å². The average molecular weight is 531 g/mol. The first-order valence-electron chi connectivity index (χ1n) is 11.5. The summed E-state index contributed by atoms with van der Waals surface area (Å²) in [7, 11) is 1.44. The molecule has 14 heteroatoms. The molecule has 0 unspecified atom stereocenters. The molecule has 1 atom stereocenters. The van der Waals surface area contributed by atoms with Crippen molar-refractivity contribution in [1.82, 2.24) is 19.1 Å². The van der Waals surface area contributed by atoms with Gasteiger partial charge in [0.25, 0.3) is 5.56 Å². The largest absolute Gasteiger partial charge is 0.418 e. The van der Waals surface area contributed by atoms with Crippen molar-refractivity contribution in [3.05, 3.63) is 62.6 Å². The highest BCUT2D eigenvalue weighted by Gasteiger charge is 2.35. The number of fused-ring (bicyclic) bond motifs is 1. The predicted molar refractivity (Wildman–Crippen MR) is 133 cm³/mol. The maximum atomic E-state index is 13.3. The first-order chi connectivity index (χ1) is 17.8. The number of carbonyl (C=O) groups excluding carboxylic acids is 2. The molecule has 3 aromatic rings. The van der Waals surface area contributed by atoms with Gasteiger partial charge >= 0.3 is 11.9 Å². The molecule has 2 N–H and O–H groups in total. The summed E-state index contributed by atoms with van der Waals surface area (Å²) in [6.45, 7) is 3.68. The van der Waals surface area contributed by atoms with Crippen LogP contribution in [-0.2, 0) is 29.4 Å². The van der Waals surface area contributed by atoms with E-state index < -0.39 is 41.5 Å². The Hall–Kier alpha value is -4.49. The van der Waals surface area contributed by atoms with Crippen LogP contribution < -0.4 is 26.8 Å². The lowest BCUT2D eigenvalue weighted by Crippen LogP contribution is -2.46. The first kappa shape index (κ1) is 26.6. The molecule has 0 saturated heterocycles. The van der Waals surface area contributed by atoms with Crippen molar-refractivity contribution in [3.8, 4) is 11.3 Å². The van der Waals surface area contributed by atoms with Gasteiger partial charge in [0.2, 0.25) is 5.91 Å². The number of pyridine rings is 2. The normalized spacial score (nSPS) is 13.6. The Morgan fingerprint density at radius 3 is 2.61 bits per heavy atom. The highest BCUT2D eigenvalue weighted by atomic mass is 19.4. The number of carbonyl (C=O) groups is 2. The van der Waals surface area contributed by atoms with Gasteiger partial charge in [-0.1, -0.05) is 6.07 Å². The van der Waals surface area contributed by atoms with Gasteiger partial charge in [0.05, 0.1) is 24.5 Å². The van der Waals surface area contributed by atoms with E-state index in [2.05, 4.69) is 20.6 Å². The molecule has 38 heavy (non-hydrogen) atoms. The Kier molecular flexibility index (Phi) is 6.82. The maximum absolute atomic E-state index is 13.3. The second-order valence-electron chi connectivity index (χ2n) is 8.86. The van der Waals surface area contributed by atoms with Crippen LogP contribution in [0.2, 0.25) is 0 Å². The maximum Gasteiger partial charge on any atom is 0.418 e. The summed E-state index contributed by atoms with van der Waals surface area (Å²) in [5.41, 5.74) is -2.08. The molecule has 0 aromatic carbocycles. The number of Topliss-reactive ketones (excluding diaryl/α,β-unsaturated/α-hetero) is 1. The highest BCUT2D eigenvalue weighted by Crippen LogP contribution is 2.33. The minimum Gasteiger partial charge on any atom is -0.352 e. The van der Waals surface area contributed by atoms with E-state index in [1.165, 1.54) is 61.7 Å². The number of aryl methyl sites for hydroxylation is 1. The molecule has 4 rings (SSSR count). The van der Waals surface area contributed by atoms with Gasteiger partial charge in [-0.05, 0) is 39.0 Å². The highest BCUT2D eigenvalue weighted by molar-refractivity contribution is 5.97. The molecule has 4 heterocycles. The van der Waals surface area contributed by atoms with E-state index in [0.29, 0.717) is 0 Å². The lowest BCUT2D eigenvalue weighted by atomic mass is 10.1. The quantitative estimate of drug-likeness (QED) is 0.495. The van der Waals surface area contributed by atoms with Crippen LogP contribution in [0.1, 0.15) is 25.1 Å². The molecule has 0 aliphatic carbocycles. The van der Waals surface area contributed by atoms with Gasteiger partial charge in [-0.3, -0.25) is 28.5 Å². The van der Waals surface area contributed by atoms with Crippen molar-refractivity contribution in [2.24, 2.45) is 7.05 Å². The summed E-state index contributed by atoms with van der Waals surface area (Å²) in [5, 5.41) is 5.54. The van der Waals surface area contributed by atoms with E-state index in [-0.39, 0.29) is 46.7 Å². The third kappa shape index (κ3) is 4.88. The molecule has 0 saturated carbocycles. The standard InChI is InChI=1S/C24H24F3N7O4/c1-12(35)10-33-22(37)19-20(32(4)23(33)38)29-11-34(19)14(3)21(36)31-18-7-5-6-17(30-18)15-8-16(24(25,26)27)13(2)28-9-15/h5-9,14,29H,10-11H2,1-4H3,(H,30,31,36)/t14-/m0/s1. The Morgan fingerprint density at radius 2 is 1.95 bits per heavy atom. The van der Waals surface area contributed by atoms with Crippen molar-refractivity contribution < 1.29 is 22.8 Å². The Balaban J connectivity index is 1.61. The van der Waals surface area contributed by atoms with E-state index in [1.807, 2.05) is 0 Å². The van der Waals surface area contributed by atoms with Gasteiger partial charge < -0.3 is 15.5 Å². The molecule has 0 fully saturated rings. The number of hydrogen-bond donors (Lipinski definition) is 2. The van der Waals surface area contributed by atoms with Gasteiger partial charge in [0.1, 0.15) is 29.1 Å². The second kappa shape index (κ2) is 9.76. The summed E-state index contributed by atoms with van der Waals surface area (Å²) < 4.78 is 41.9. The van der Waals surface area contributed by atoms with Gasteiger partial charge in [0, 0.05) is 24.5 Å². The zero-order valence-corrected chi connectivity index (χ0v) is 20.9. The molecular formula is C24H24F3N7O4. The molecule has 200 valence electrons. The molecule has 0 radical (unpaired) electrons. The van der Waals surface area contributed by atoms with Crippen molar-refractivity contribution in [2.75, 3.05) is 22.2 Å². The summed E-state index contributed by atoms with van der Waals surface area (Å²) in [4.78, 5) is 59.8. The number of nitrogens with one attached hydrogen (secondary N) is 2. The number of amides is 1. The van der Waals surface area contributed by atoms with Crippen LogP contribution in [0.3, 0.4) is 0 Å². The molecule has 1 amide bonds. The van der Waals surface area contributed by atoms with Crippen molar-refractivity contribution in [3.63, 3.8) is 0 Å². The number of alkyl halides is 3. The number of halogens is 3. The van der Waals surface area contributed by atoms with Crippen LogP contribution in [0.15, 0.2) is 40.1 Å². The number of aromatic nitrogens is 4. The molecule has 0 bridgehead atoms. The van der Waals surface area contributed by atoms with Gasteiger partial charge in [-0.15, -0.1) is 0 Å². The fourth-order valence-electron chi connectivity index (χ4n) is 4.14. The van der Waals surface area contributed by atoms with Gasteiger partial charge in [-0.25, -0.2) is 9.78 Å². The van der Waals surface area contributed by atoms with E-state index in [1.54, 1.807) is 0 Å². The van der Waals surface area contributed by atoms with E-state index >= 15 is 0 Å². The first-order valence-corrected chi connectivity index (χ1v) is 11.5. The number of ketones is 1. The predicted octanol–water partition coefficient (Wildman–Crippen LogP) is 2.14. The monoisotopic (exact) mass is 531 g/mol. The third-order valence-electron chi connectivity index (χ3n) is 6.15. The van der Waals surface area contributed by atoms with E-state index in [4.69, 9.17) is 0 Å². The summed E-state index contributed by atoms with van der Waals surface area (Å²) >= 11 is 0. The van der Waals surface area contributed by atoms with E-state index in [0.717, 1.165) is 10.6 Å². The smallest absolute Gasteiger partial charge is 0.352 e. The summed E-state index contributed by atoms with van der Waals surface area (Å²) in [6.07, 6.45) is -3.31. The fourth-order valence-corrected chi connectivity index (χ4v) is 4.14. The van der Waals surface area contributed by atoms with Gasteiger partial charge in [0.15, 0.2) is 0 Å². The van der Waals surface area contributed by atoms with Crippen molar-refractivity contribution >= 4 is 29.0 Å². The van der Waals surface area contributed by atoms with Crippen LogP contribution in [-0.4, -0.2) is 43.5 Å². The minimum atomic E-state index is -4.58. The number of rotatable bonds is 6. The Bertz CT molecular complexity index is 1560. The summed E-state index contributed by atoms with van der Waals surface area (Å²) in [6, 6.07) is 4.51. The number of anilines is 3. The molecule has 1 aliphatic rings. The Morgan fingerprint density at radius 1 is 1.24 bits per heavy atom. The lowest BCUT2D eigenvalue weighted by Gasteiger charge is -2.24. The van der Waals surface area contributed by atoms with Crippen molar-refractivity contribution in [2.45, 2.75) is 39.5 Å². The van der Waals surface area contributed by atoms with Crippen LogP contribution in [0.4, 0.5) is 30.5 Å². The van der Waals surface area contributed by atoms with Crippen LogP contribution in [0.25, 0.3) is 11.3 Å². The van der Waals surface area contributed by atoms with Gasteiger partial charge in [-0.2, -0.15) is 13.2 Å². The third-order valence-corrected chi connectivity index (χ3v) is 6.15. The zero-order valence-electron chi connectivity index (χ0n) is 20.9. The second-order valence-corrected chi connectivity index (χ2v) is 8.86. The molecule has 0 spiro atoms. The topological polar surface area (TPSA) is 131 Å². The zero-order chi connectivity index (χ0) is 27.9. The minimum absolute atomic E-state index is 0.0409. The summed E-state index contributed by atoms with van der Waals surface area (Å²) in [5.74, 6) is -0.652. The van der Waals surface area contributed by atoms with Crippen molar-refractivity contribution in [1.29, 1.82) is 0 Å². The number of hydrogen-bond acceptors (Lipinski definition) is 8. The van der Waals surface area contributed by atoms with E-state index in [9.17, 15) is 32.3 Å². The fraction of sp³-hybridized carbons (Fsp3) is 0.333. The molecule has 3 aromatic heterocycles. The average Bonchev–Trinajstić information content (AvgIpc) is 3.30. The lowest BCUT2D eigenvalue weighted by molar-refractivity contribution is -0.138. The molecule has 1 aliphatic heterocycles. The Labute approximate surface area is 213 Å². The molecular weight excluding hydrogens is 507 g/mol. The number of nitrogens with zero attached hydrogens (tertiary/aromatic N) is 5.